The number of hydrogen-bond acceptors (Lipinski definition) is 3. The molecule has 0 N–H and O–H groups in total. The van der Waals surface area contributed by atoms with Gasteiger partial charge >= 0.3 is 0 Å². The summed E-state index contributed by atoms with van der Waals surface area (Å²) in [4.78, 5) is 22.2. The van der Waals surface area contributed by atoms with Gasteiger partial charge in [-0.1, -0.05) is 24.3 Å². The van der Waals surface area contributed by atoms with Crippen LogP contribution in [-0.4, -0.2) is 57.5 Å². The molecule has 0 spiro atoms. The maximum Gasteiger partial charge on any atom is 0.253 e. The fraction of sp³-hybridized carbons (Fsp3) is 0.417. The van der Waals surface area contributed by atoms with E-state index in [4.69, 9.17) is 0 Å². The molecule has 1 atom stereocenters. The predicted molar refractivity (Wildman–Crippen MR) is 115 cm³/mol. The van der Waals surface area contributed by atoms with E-state index in [-0.39, 0.29) is 5.91 Å². The normalized spacial score (nSPS) is 20.0. The summed E-state index contributed by atoms with van der Waals surface area (Å²) in [5.41, 5.74) is 4.15. The summed E-state index contributed by atoms with van der Waals surface area (Å²) in [5.74, 6) is 1.18. The van der Waals surface area contributed by atoms with E-state index in [1.54, 1.807) is 0 Å². The summed E-state index contributed by atoms with van der Waals surface area (Å²) in [6, 6.07) is 16.9. The molecule has 5 heteroatoms. The van der Waals surface area contributed by atoms with Gasteiger partial charge in [0, 0.05) is 31.2 Å². The van der Waals surface area contributed by atoms with Crippen molar-refractivity contribution in [1.29, 1.82) is 0 Å². The number of imidazole rings is 1. The number of amides is 1. The number of hydrogen-bond donors (Lipinski definition) is 0. The smallest absolute Gasteiger partial charge is 0.253 e. The van der Waals surface area contributed by atoms with Crippen molar-refractivity contribution in [2.24, 2.45) is 0 Å². The van der Waals surface area contributed by atoms with E-state index in [1.165, 1.54) is 31.5 Å². The van der Waals surface area contributed by atoms with Crippen LogP contribution in [0.15, 0.2) is 48.5 Å². The van der Waals surface area contributed by atoms with E-state index in [2.05, 4.69) is 32.7 Å². The van der Waals surface area contributed by atoms with E-state index < -0.39 is 0 Å². The largest absolute Gasteiger partial charge is 0.337 e. The number of aromatic nitrogens is 2. The lowest BCUT2D eigenvalue weighted by Crippen LogP contribution is -2.37. The molecule has 0 saturated carbocycles. The number of likely N-dealkylation sites (tertiary alicyclic amines) is 2. The zero-order chi connectivity index (χ0) is 19.8. The van der Waals surface area contributed by atoms with E-state index in [0.717, 1.165) is 48.5 Å². The van der Waals surface area contributed by atoms with Crippen LogP contribution in [0.3, 0.4) is 0 Å². The van der Waals surface area contributed by atoms with Crippen LogP contribution in [0.5, 0.6) is 0 Å². The third-order valence-corrected chi connectivity index (χ3v) is 6.49. The van der Waals surface area contributed by atoms with E-state index >= 15 is 0 Å². The van der Waals surface area contributed by atoms with Crippen LogP contribution in [0.1, 0.15) is 41.0 Å². The third-order valence-electron chi connectivity index (χ3n) is 6.49. The Labute approximate surface area is 171 Å². The van der Waals surface area contributed by atoms with Crippen LogP contribution in [0.25, 0.3) is 11.0 Å². The first-order valence-electron chi connectivity index (χ1n) is 10.7. The fourth-order valence-electron chi connectivity index (χ4n) is 4.84. The Hall–Kier alpha value is -2.66. The van der Waals surface area contributed by atoms with Crippen molar-refractivity contribution in [3.8, 4) is 0 Å². The number of para-hydroxylation sites is 2. The van der Waals surface area contributed by atoms with Gasteiger partial charge in [-0.05, 0) is 69.1 Å². The highest BCUT2D eigenvalue weighted by Gasteiger charge is 2.31. The zero-order valence-corrected chi connectivity index (χ0v) is 17.1. The number of aryl methyl sites for hydroxylation is 1. The van der Waals surface area contributed by atoms with Crippen molar-refractivity contribution in [3.05, 3.63) is 65.5 Å². The number of nitrogens with zero attached hydrogens (tertiary/aromatic N) is 4. The molecule has 150 valence electrons. The second-order valence-electron chi connectivity index (χ2n) is 8.37. The maximum atomic E-state index is 13.0. The van der Waals surface area contributed by atoms with Crippen LogP contribution < -0.4 is 0 Å². The Kier molecular flexibility index (Phi) is 4.84. The van der Waals surface area contributed by atoms with Gasteiger partial charge in [0.1, 0.15) is 5.82 Å². The number of fused-ring (bicyclic) bond motifs is 1. The molecule has 2 saturated heterocycles. The van der Waals surface area contributed by atoms with Gasteiger partial charge in [0.05, 0.1) is 11.0 Å². The van der Waals surface area contributed by atoms with Crippen molar-refractivity contribution in [1.82, 2.24) is 19.4 Å². The summed E-state index contributed by atoms with van der Waals surface area (Å²) in [7, 11) is 0. The van der Waals surface area contributed by atoms with Gasteiger partial charge < -0.3 is 9.47 Å². The summed E-state index contributed by atoms with van der Waals surface area (Å²) < 4.78 is 2.23. The summed E-state index contributed by atoms with van der Waals surface area (Å²) in [6.45, 7) is 6.96. The predicted octanol–water partition coefficient (Wildman–Crippen LogP) is 3.70. The molecule has 5 nitrogen and oxygen atoms in total. The highest BCUT2D eigenvalue weighted by atomic mass is 16.2. The number of benzene rings is 2. The highest BCUT2D eigenvalue weighted by Crippen LogP contribution is 2.22. The monoisotopic (exact) mass is 388 g/mol. The Balaban J connectivity index is 1.27. The second-order valence-corrected chi connectivity index (χ2v) is 8.37. The quantitative estimate of drug-likeness (QED) is 0.684. The molecule has 3 aromatic rings. The lowest BCUT2D eigenvalue weighted by Gasteiger charge is -2.23. The number of rotatable bonds is 4. The minimum absolute atomic E-state index is 0.169. The van der Waals surface area contributed by atoms with Crippen LogP contribution in [0.2, 0.25) is 0 Å². The van der Waals surface area contributed by atoms with Gasteiger partial charge in [0.15, 0.2) is 0 Å². The molecule has 1 aromatic heterocycles. The summed E-state index contributed by atoms with van der Waals surface area (Å²) >= 11 is 0. The molecule has 29 heavy (non-hydrogen) atoms. The minimum Gasteiger partial charge on any atom is -0.337 e. The highest BCUT2D eigenvalue weighted by molar-refractivity contribution is 5.94. The van der Waals surface area contributed by atoms with Gasteiger partial charge in [-0.25, -0.2) is 4.98 Å². The number of carbonyl (C=O) groups excluding carboxylic acids is 1. The SMILES string of the molecule is Cc1nc2ccccc2n1Cc1ccc(C(=O)N2CC[C@H](N3CCCC3)C2)cc1. The van der Waals surface area contributed by atoms with E-state index in [9.17, 15) is 4.79 Å². The lowest BCUT2D eigenvalue weighted by molar-refractivity contribution is 0.0780. The molecule has 0 unspecified atom stereocenters. The molecule has 2 fully saturated rings. The topological polar surface area (TPSA) is 41.4 Å². The van der Waals surface area contributed by atoms with Crippen LogP contribution in [0, 0.1) is 6.92 Å². The first kappa shape index (κ1) is 18.4. The fourth-order valence-corrected chi connectivity index (χ4v) is 4.84. The summed E-state index contributed by atoms with van der Waals surface area (Å²) in [6.07, 6.45) is 3.71. The van der Waals surface area contributed by atoms with Gasteiger partial charge in [-0.3, -0.25) is 9.69 Å². The van der Waals surface area contributed by atoms with Crippen LogP contribution in [0.4, 0.5) is 0 Å². The molecule has 0 aliphatic carbocycles. The Bertz CT molecular complexity index is 1020. The molecule has 0 radical (unpaired) electrons. The molecule has 2 aliphatic rings. The molecule has 5 rings (SSSR count). The average Bonchev–Trinajstić information content (AvgIpc) is 3.49. The van der Waals surface area contributed by atoms with Crippen LogP contribution >= 0.6 is 0 Å². The van der Waals surface area contributed by atoms with Gasteiger partial charge in [-0.15, -0.1) is 0 Å². The molecule has 1 amide bonds. The van der Waals surface area contributed by atoms with Crippen molar-refractivity contribution < 1.29 is 4.79 Å². The Morgan fingerprint density at radius 2 is 1.79 bits per heavy atom. The first-order valence-corrected chi connectivity index (χ1v) is 10.7. The molecule has 3 heterocycles. The van der Waals surface area contributed by atoms with E-state index in [1.807, 2.05) is 42.2 Å². The first-order chi connectivity index (χ1) is 14.2. The molecule has 2 aromatic carbocycles. The van der Waals surface area contributed by atoms with E-state index in [0.29, 0.717) is 6.04 Å². The standard InChI is InChI=1S/C24H28N4O/c1-18-25-22-6-2-3-7-23(22)28(18)16-19-8-10-20(11-9-19)24(29)27-15-12-21(17-27)26-13-4-5-14-26/h2-3,6-11,21H,4-5,12-17H2,1H3/t21-/m0/s1. The second kappa shape index (κ2) is 7.64. The zero-order valence-electron chi connectivity index (χ0n) is 17.1. The Morgan fingerprint density at radius 3 is 2.59 bits per heavy atom. The van der Waals surface area contributed by atoms with Crippen molar-refractivity contribution >= 4 is 16.9 Å². The lowest BCUT2D eigenvalue weighted by atomic mass is 10.1. The molecular weight excluding hydrogens is 360 g/mol. The maximum absolute atomic E-state index is 13.0. The van der Waals surface area contributed by atoms with Gasteiger partial charge in [0.25, 0.3) is 5.91 Å². The third kappa shape index (κ3) is 3.55. The van der Waals surface area contributed by atoms with Crippen molar-refractivity contribution in [3.63, 3.8) is 0 Å². The minimum atomic E-state index is 0.169. The van der Waals surface area contributed by atoms with Crippen molar-refractivity contribution in [2.45, 2.75) is 38.8 Å². The molecule has 0 bridgehead atoms. The van der Waals surface area contributed by atoms with Crippen molar-refractivity contribution in [2.75, 3.05) is 26.2 Å². The molecular formula is C24H28N4O. The number of carbonyl (C=O) groups is 1. The summed E-state index contributed by atoms with van der Waals surface area (Å²) in [5, 5.41) is 0. The van der Waals surface area contributed by atoms with Gasteiger partial charge in [-0.2, -0.15) is 0 Å². The van der Waals surface area contributed by atoms with Gasteiger partial charge in [0.2, 0.25) is 0 Å². The molecule has 2 aliphatic heterocycles. The Morgan fingerprint density at radius 1 is 1.03 bits per heavy atom. The average molecular weight is 389 g/mol. The van der Waals surface area contributed by atoms with Crippen LogP contribution in [-0.2, 0) is 6.54 Å².